The fourth-order valence-corrected chi connectivity index (χ4v) is 2.59. The summed E-state index contributed by atoms with van der Waals surface area (Å²) in [4.78, 5) is 16.1. The van der Waals surface area contributed by atoms with Gasteiger partial charge in [0, 0.05) is 23.6 Å². The van der Waals surface area contributed by atoms with E-state index in [0.717, 1.165) is 17.7 Å². The molecule has 2 N–H and O–H groups in total. The van der Waals surface area contributed by atoms with Crippen molar-refractivity contribution in [3.63, 3.8) is 0 Å². The summed E-state index contributed by atoms with van der Waals surface area (Å²) in [7, 11) is 0. The summed E-state index contributed by atoms with van der Waals surface area (Å²) >= 11 is 5.15. The zero-order valence-corrected chi connectivity index (χ0v) is 14.6. The number of pyridine rings is 1. The first kappa shape index (κ1) is 17.7. The van der Waals surface area contributed by atoms with Gasteiger partial charge in [0.25, 0.3) is 5.91 Å². The number of amides is 1. The van der Waals surface area contributed by atoms with Gasteiger partial charge in [-0.15, -0.1) is 0 Å². The summed E-state index contributed by atoms with van der Waals surface area (Å²) in [6.07, 6.45) is 4.36. The molecule has 0 spiro atoms. The van der Waals surface area contributed by atoms with Crippen molar-refractivity contribution in [1.29, 1.82) is 0 Å². The van der Waals surface area contributed by atoms with Crippen LogP contribution < -0.4 is 10.6 Å². The van der Waals surface area contributed by atoms with Gasteiger partial charge in [0.15, 0.2) is 5.11 Å². The van der Waals surface area contributed by atoms with Crippen LogP contribution in [0, 0.1) is 5.82 Å². The molecule has 2 aromatic carbocycles. The molecule has 6 heteroatoms. The minimum atomic E-state index is -0.394. The first-order chi connectivity index (χ1) is 12.6. The van der Waals surface area contributed by atoms with Gasteiger partial charge < -0.3 is 5.32 Å². The van der Waals surface area contributed by atoms with Crippen molar-refractivity contribution in [1.82, 2.24) is 10.3 Å². The number of hydrogen-bond acceptors (Lipinski definition) is 3. The number of halogens is 1. The maximum Gasteiger partial charge on any atom is 0.257 e. The van der Waals surface area contributed by atoms with Gasteiger partial charge in [0.2, 0.25) is 0 Å². The summed E-state index contributed by atoms with van der Waals surface area (Å²) in [6, 6.07) is 17.0. The lowest BCUT2D eigenvalue weighted by Gasteiger charge is -2.10. The van der Waals surface area contributed by atoms with E-state index in [1.807, 2.05) is 36.4 Å². The Bertz CT molecular complexity index is 897. The first-order valence-electron chi connectivity index (χ1n) is 7.96. The van der Waals surface area contributed by atoms with Crippen LogP contribution in [-0.4, -0.2) is 16.0 Å². The molecule has 0 aliphatic rings. The van der Waals surface area contributed by atoms with Crippen LogP contribution in [0.15, 0.2) is 73.1 Å². The predicted octanol–water partition coefficient (Wildman–Crippen LogP) is 3.94. The van der Waals surface area contributed by atoms with Gasteiger partial charge in [-0.05, 0) is 78.3 Å². The van der Waals surface area contributed by atoms with Crippen LogP contribution in [-0.2, 0) is 6.42 Å². The van der Waals surface area contributed by atoms with E-state index in [1.165, 1.54) is 29.8 Å². The highest BCUT2D eigenvalue weighted by molar-refractivity contribution is 7.80. The third-order valence-electron chi connectivity index (χ3n) is 3.70. The molecule has 0 unspecified atom stereocenters. The van der Waals surface area contributed by atoms with Crippen LogP contribution in [0.4, 0.5) is 10.1 Å². The standard InChI is InChI=1S/C20H16FN3OS/c21-17-5-3-16(4-6-17)19(25)24-20(26)23-18-7-1-14(2-8-18)13-15-9-11-22-12-10-15/h1-12H,13H2,(H2,23,24,25,26). The van der Waals surface area contributed by atoms with Gasteiger partial charge in [-0.25, -0.2) is 4.39 Å². The van der Waals surface area contributed by atoms with E-state index >= 15 is 0 Å². The molecule has 0 bridgehead atoms. The Labute approximate surface area is 156 Å². The summed E-state index contributed by atoms with van der Waals surface area (Å²) in [5.74, 6) is -0.786. The van der Waals surface area contributed by atoms with Gasteiger partial charge in [-0.1, -0.05) is 12.1 Å². The summed E-state index contributed by atoms with van der Waals surface area (Å²) in [5, 5.41) is 5.71. The molecule has 0 fully saturated rings. The molecule has 3 aromatic rings. The minimum Gasteiger partial charge on any atom is -0.332 e. The quantitative estimate of drug-likeness (QED) is 0.688. The van der Waals surface area contributed by atoms with E-state index in [1.54, 1.807) is 12.4 Å². The molecule has 1 amide bonds. The van der Waals surface area contributed by atoms with Gasteiger partial charge in [-0.3, -0.25) is 15.1 Å². The molecule has 0 aliphatic carbocycles. The van der Waals surface area contributed by atoms with Gasteiger partial charge >= 0.3 is 0 Å². The van der Waals surface area contributed by atoms with Crippen molar-refractivity contribution in [2.45, 2.75) is 6.42 Å². The molecule has 0 saturated heterocycles. The van der Waals surface area contributed by atoms with Gasteiger partial charge in [0.1, 0.15) is 5.82 Å². The van der Waals surface area contributed by atoms with Crippen molar-refractivity contribution < 1.29 is 9.18 Å². The summed E-state index contributed by atoms with van der Waals surface area (Å²) < 4.78 is 12.9. The number of anilines is 1. The maximum atomic E-state index is 12.9. The average molecular weight is 365 g/mol. The van der Waals surface area contributed by atoms with Crippen molar-refractivity contribution in [3.8, 4) is 0 Å². The van der Waals surface area contributed by atoms with Crippen molar-refractivity contribution in [3.05, 3.63) is 95.6 Å². The van der Waals surface area contributed by atoms with Crippen molar-refractivity contribution >= 4 is 28.9 Å². The minimum absolute atomic E-state index is 0.182. The second-order valence-corrected chi connectivity index (χ2v) is 6.05. The van der Waals surface area contributed by atoms with Gasteiger partial charge in [0.05, 0.1) is 0 Å². The van der Waals surface area contributed by atoms with Crippen LogP contribution >= 0.6 is 12.2 Å². The summed E-state index contributed by atoms with van der Waals surface area (Å²) in [6.45, 7) is 0. The highest BCUT2D eigenvalue weighted by Crippen LogP contribution is 2.13. The molecule has 0 saturated carbocycles. The molecule has 26 heavy (non-hydrogen) atoms. The fourth-order valence-electron chi connectivity index (χ4n) is 2.38. The van der Waals surface area contributed by atoms with E-state index in [9.17, 15) is 9.18 Å². The monoisotopic (exact) mass is 365 g/mol. The number of thiocarbonyl (C=S) groups is 1. The lowest BCUT2D eigenvalue weighted by molar-refractivity contribution is 0.0977. The number of nitrogens with one attached hydrogen (secondary N) is 2. The molecule has 0 aliphatic heterocycles. The van der Waals surface area contributed by atoms with E-state index in [4.69, 9.17) is 12.2 Å². The molecular formula is C20H16FN3OS. The van der Waals surface area contributed by atoms with Gasteiger partial charge in [-0.2, -0.15) is 0 Å². The lowest BCUT2D eigenvalue weighted by atomic mass is 10.1. The summed E-state index contributed by atoms with van der Waals surface area (Å²) in [5.41, 5.74) is 3.45. The number of rotatable bonds is 4. The number of carbonyl (C=O) groups is 1. The van der Waals surface area contributed by atoms with Crippen LogP contribution in [0.3, 0.4) is 0 Å². The van der Waals surface area contributed by atoms with Crippen LogP contribution in [0.25, 0.3) is 0 Å². The van der Waals surface area contributed by atoms with E-state index in [-0.39, 0.29) is 5.11 Å². The first-order valence-corrected chi connectivity index (χ1v) is 8.37. The Balaban J connectivity index is 1.55. The maximum absolute atomic E-state index is 12.9. The van der Waals surface area contributed by atoms with E-state index in [0.29, 0.717) is 5.56 Å². The Morgan fingerprint density at radius 1 is 0.923 bits per heavy atom. The average Bonchev–Trinajstić information content (AvgIpc) is 2.64. The number of nitrogens with zero attached hydrogens (tertiary/aromatic N) is 1. The Morgan fingerprint density at radius 3 is 2.19 bits per heavy atom. The Morgan fingerprint density at radius 2 is 1.54 bits per heavy atom. The highest BCUT2D eigenvalue weighted by Gasteiger charge is 2.08. The predicted molar refractivity (Wildman–Crippen MR) is 104 cm³/mol. The highest BCUT2D eigenvalue weighted by atomic mass is 32.1. The lowest BCUT2D eigenvalue weighted by Crippen LogP contribution is -2.34. The van der Waals surface area contributed by atoms with Crippen LogP contribution in [0.2, 0.25) is 0 Å². The number of aromatic nitrogens is 1. The normalized spacial score (nSPS) is 10.2. The smallest absolute Gasteiger partial charge is 0.257 e. The number of hydrogen-bond donors (Lipinski definition) is 2. The van der Waals surface area contributed by atoms with E-state index < -0.39 is 11.7 Å². The zero-order chi connectivity index (χ0) is 18.4. The zero-order valence-electron chi connectivity index (χ0n) is 13.8. The number of benzene rings is 2. The third-order valence-corrected chi connectivity index (χ3v) is 3.91. The largest absolute Gasteiger partial charge is 0.332 e. The molecule has 1 heterocycles. The topological polar surface area (TPSA) is 54.0 Å². The molecular weight excluding hydrogens is 349 g/mol. The molecule has 130 valence electrons. The second-order valence-electron chi connectivity index (χ2n) is 5.64. The van der Waals surface area contributed by atoms with Crippen molar-refractivity contribution in [2.24, 2.45) is 0 Å². The molecule has 0 atom stereocenters. The van der Waals surface area contributed by atoms with E-state index in [2.05, 4.69) is 15.6 Å². The van der Waals surface area contributed by atoms with Crippen LogP contribution in [0.5, 0.6) is 0 Å². The van der Waals surface area contributed by atoms with Crippen LogP contribution in [0.1, 0.15) is 21.5 Å². The Kier molecular flexibility index (Phi) is 5.66. The third kappa shape index (κ3) is 4.94. The Hall–Kier alpha value is -3.12. The molecule has 0 radical (unpaired) electrons. The molecule has 4 nitrogen and oxygen atoms in total. The second kappa shape index (κ2) is 8.31. The van der Waals surface area contributed by atoms with Crippen molar-refractivity contribution in [2.75, 3.05) is 5.32 Å². The molecule has 1 aromatic heterocycles. The fraction of sp³-hybridized carbons (Fsp3) is 0.0500. The SMILES string of the molecule is O=C(NC(=S)Nc1ccc(Cc2ccncc2)cc1)c1ccc(F)cc1. The molecule has 3 rings (SSSR count). The number of carbonyl (C=O) groups excluding carboxylic acids is 1.